The van der Waals surface area contributed by atoms with Crippen LogP contribution < -0.4 is 4.90 Å². The fourth-order valence-electron chi connectivity index (χ4n) is 3.61. The van der Waals surface area contributed by atoms with Crippen LogP contribution in [0.1, 0.15) is 25.7 Å². The maximum absolute atomic E-state index is 12.6. The lowest BCUT2D eigenvalue weighted by atomic mass is 9.87. The molecular formula is C18H22N6O2. The predicted molar refractivity (Wildman–Crippen MR) is 94.9 cm³/mol. The van der Waals surface area contributed by atoms with Crippen LogP contribution in [0.5, 0.6) is 0 Å². The Morgan fingerprint density at radius 1 is 1.00 bits per heavy atom. The standard InChI is InChI=1S/C18H22N6O2/c25-15-4-2-14(3-5-15)18(26)23-12-10-22(11-13-23)16-6-7-17(21-20-16)24-9-1-8-19-24/h1,6-9,14H,2-5,10-13H2. The van der Waals surface area contributed by atoms with Crippen molar-refractivity contribution in [3.05, 3.63) is 30.6 Å². The van der Waals surface area contributed by atoms with Crippen LogP contribution in [0.15, 0.2) is 30.6 Å². The fourth-order valence-corrected chi connectivity index (χ4v) is 3.61. The van der Waals surface area contributed by atoms with Crippen LogP contribution in [-0.2, 0) is 9.59 Å². The molecule has 8 nitrogen and oxygen atoms in total. The average molecular weight is 354 g/mol. The van der Waals surface area contributed by atoms with Gasteiger partial charge in [0.25, 0.3) is 0 Å². The van der Waals surface area contributed by atoms with Crippen molar-refractivity contribution in [2.45, 2.75) is 25.7 Å². The Morgan fingerprint density at radius 3 is 2.31 bits per heavy atom. The minimum absolute atomic E-state index is 0.0207. The molecule has 2 aliphatic rings. The van der Waals surface area contributed by atoms with Gasteiger partial charge < -0.3 is 9.80 Å². The van der Waals surface area contributed by atoms with Crippen molar-refractivity contribution in [3.63, 3.8) is 0 Å². The molecule has 1 amide bonds. The molecule has 0 aromatic carbocycles. The Kier molecular flexibility index (Phi) is 4.64. The molecule has 0 bridgehead atoms. The highest BCUT2D eigenvalue weighted by atomic mass is 16.2. The van der Waals surface area contributed by atoms with Gasteiger partial charge in [0.1, 0.15) is 5.78 Å². The number of amides is 1. The van der Waals surface area contributed by atoms with E-state index in [1.165, 1.54) is 0 Å². The molecule has 0 unspecified atom stereocenters. The zero-order valence-electron chi connectivity index (χ0n) is 14.6. The molecule has 8 heteroatoms. The number of hydrogen-bond acceptors (Lipinski definition) is 6. The van der Waals surface area contributed by atoms with Gasteiger partial charge in [-0.3, -0.25) is 9.59 Å². The molecule has 4 rings (SSSR count). The smallest absolute Gasteiger partial charge is 0.225 e. The fraction of sp³-hybridized carbons (Fsp3) is 0.500. The Labute approximate surface area is 151 Å². The number of nitrogens with zero attached hydrogens (tertiary/aromatic N) is 6. The Bertz CT molecular complexity index is 755. The SMILES string of the molecule is O=C1CCC(C(=O)N2CCN(c3ccc(-n4cccn4)nn3)CC2)CC1. The Hall–Kier alpha value is -2.77. The molecule has 0 atom stereocenters. The van der Waals surface area contributed by atoms with E-state index in [0.29, 0.717) is 44.6 Å². The highest BCUT2D eigenvalue weighted by molar-refractivity contribution is 5.84. The third kappa shape index (κ3) is 3.44. The van der Waals surface area contributed by atoms with E-state index in [0.717, 1.165) is 18.9 Å². The van der Waals surface area contributed by atoms with E-state index in [1.807, 2.05) is 29.3 Å². The number of Topliss-reactive ketones (excluding diaryl/α,β-unsaturated/α-hetero) is 1. The summed E-state index contributed by atoms with van der Waals surface area (Å²) >= 11 is 0. The highest BCUT2D eigenvalue weighted by Gasteiger charge is 2.30. The van der Waals surface area contributed by atoms with Crippen molar-refractivity contribution in [1.29, 1.82) is 0 Å². The van der Waals surface area contributed by atoms with Crippen molar-refractivity contribution in [1.82, 2.24) is 24.9 Å². The first-order valence-corrected chi connectivity index (χ1v) is 9.10. The molecule has 0 N–H and O–H groups in total. The van der Waals surface area contributed by atoms with Gasteiger partial charge in [0.2, 0.25) is 5.91 Å². The van der Waals surface area contributed by atoms with Gasteiger partial charge in [-0.1, -0.05) is 0 Å². The number of carbonyl (C=O) groups excluding carboxylic acids is 2. The van der Waals surface area contributed by atoms with Crippen LogP contribution in [0.4, 0.5) is 5.82 Å². The van der Waals surface area contributed by atoms with Gasteiger partial charge in [0.15, 0.2) is 11.6 Å². The molecule has 2 aromatic heterocycles. The number of carbonyl (C=O) groups is 2. The Balaban J connectivity index is 1.33. The van der Waals surface area contributed by atoms with E-state index in [4.69, 9.17) is 0 Å². The lowest BCUT2D eigenvalue weighted by Gasteiger charge is -2.37. The molecular weight excluding hydrogens is 332 g/mol. The summed E-state index contributed by atoms with van der Waals surface area (Å²) in [5.41, 5.74) is 0. The number of rotatable bonds is 3. The monoisotopic (exact) mass is 354 g/mol. The second-order valence-corrected chi connectivity index (χ2v) is 6.83. The second-order valence-electron chi connectivity index (χ2n) is 6.83. The first-order valence-electron chi connectivity index (χ1n) is 9.10. The van der Waals surface area contributed by atoms with Gasteiger partial charge in [0, 0.05) is 57.3 Å². The molecule has 1 saturated carbocycles. The van der Waals surface area contributed by atoms with E-state index in [9.17, 15) is 9.59 Å². The topological polar surface area (TPSA) is 84.2 Å². The van der Waals surface area contributed by atoms with E-state index in [2.05, 4.69) is 20.2 Å². The lowest BCUT2D eigenvalue weighted by molar-refractivity contribution is -0.137. The van der Waals surface area contributed by atoms with Crippen molar-refractivity contribution < 1.29 is 9.59 Å². The maximum atomic E-state index is 12.6. The number of hydrogen-bond donors (Lipinski definition) is 0. The molecule has 1 aliphatic carbocycles. The number of piperazine rings is 1. The summed E-state index contributed by atoms with van der Waals surface area (Å²) in [5, 5.41) is 12.7. The third-order valence-corrected chi connectivity index (χ3v) is 5.18. The van der Waals surface area contributed by atoms with Gasteiger partial charge in [-0.2, -0.15) is 5.10 Å². The number of aromatic nitrogens is 4. The van der Waals surface area contributed by atoms with Gasteiger partial charge in [0.05, 0.1) is 0 Å². The predicted octanol–water partition coefficient (Wildman–Crippen LogP) is 1.07. The average Bonchev–Trinajstić information content (AvgIpc) is 3.23. The summed E-state index contributed by atoms with van der Waals surface area (Å²) < 4.78 is 1.67. The summed E-state index contributed by atoms with van der Waals surface area (Å²) in [7, 11) is 0. The van der Waals surface area contributed by atoms with Crippen molar-refractivity contribution in [2.24, 2.45) is 5.92 Å². The number of ketones is 1. The normalized spacial score (nSPS) is 19.0. The van der Waals surface area contributed by atoms with Crippen molar-refractivity contribution in [2.75, 3.05) is 31.1 Å². The van der Waals surface area contributed by atoms with Crippen LogP contribution in [0.2, 0.25) is 0 Å². The maximum Gasteiger partial charge on any atom is 0.225 e. The molecule has 1 aliphatic heterocycles. The highest BCUT2D eigenvalue weighted by Crippen LogP contribution is 2.24. The summed E-state index contributed by atoms with van der Waals surface area (Å²) in [6.45, 7) is 2.86. The van der Waals surface area contributed by atoms with Crippen molar-refractivity contribution >= 4 is 17.5 Å². The quantitative estimate of drug-likeness (QED) is 0.820. The molecule has 0 spiro atoms. The molecule has 1 saturated heterocycles. The molecule has 0 radical (unpaired) electrons. The summed E-state index contributed by atoms with van der Waals surface area (Å²) in [6, 6.07) is 5.67. The zero-order valence-corrected chi connectivity index (χ0v) is 14.6. The lowest BCUT2D eigenvalue weighted by Crippen LogP contribution is -2.51. The van der Waals surface area contributed by atoms with Crippen LogP contribution in [0, 0.1) is 5.92 Å². The van der Waals surface area contributed by atoms with Crippen LogP contribution in [0.25, 0.3) is 5.82 Å². The Morgan fingerprint density at radius 2 is 1.69 bits per heavy atom. The first-order chi connectivity index (χ1) is 12.7. The largest absolute Gasteiger partial charge is 0.352 e. The van der Waals surface area contributed by atoms with Gasteiger partial charge in [-0.15, -0.1) is 10.2 Å². The minimum Gasteiger partial charge on any atom is -0.352 e. The van der Waals surface area contributed by atoms with Gasteiger partial charge in [-0.05, 0) is 31.0 Å². The minimum atomic E-state index is 0.0207. The van der Waals surface area contributed by atoms with E-state index >= 15 is 0 Å². The van der Waals surface area contributed by atoms with Gasteiger partial charge in [-0.25, -0.2) is 4.68 Å². The zero-order chi connectivity index (χ0) is 17.9. The van der Waals surface area contributed by atoms with Crippen LogP contribution >= 0.6 is 0 Å². The molecule has 2 aromatic rings. The van der Waals surface area contributed by atoms with E-state index < -0.39 is 0 Å². The molecule has 3 heterocycles. The van der Waals surface area contributed by atoms with E-state index in [1.54, 1.807) is 10.9 Å². The first kappa shape index (κ1) is 16.7. The molecule has 136 valence electrons. The summed E-state index contributed by atoms with van der Waals surface area (Å²) in [6.07, 6.45) is 6.04. The van der Waals surface area contributed by atoms with Crippen LogP contribution in [-0.4, -0.2) is 62.7 Å². The summed E-state index contributed by atoms with van der Waals surface area (Å²) in [4.78, 5) is 28.1. The third-order valence-electron chi connectivity index (χ3n) is 5.18. The van der Waals surface area contributed by atoms with Crippen molar-refractivity contribution in [3.8, 4) is 5.82 Å². The molecule has 2 fully saturated rings. The van der Waals surface area contributed by atoms with Crippen LogP contribution in [0.3, 0.4) is 0 Å². The van der Waals surface area contributed by atoms with Gasteiger partial charge >= 0.3 is 0 Å². The second kappa shape index (κ2) is 7.23. The summed E-state index contributed by atoms with van der Waals surface area (Å²) in [5.74, 6) is 2.01. The molecule has 26 heavy (non-hydrogen) atoms. The van der Waals surface area contributed by atoms with E-state index in [-0.39, 0.29) is 17.6 Å². The number of anilines is 1.